The first-order valence-corrected chi connectivity index (χ1v) is 8.69. The van der Waals surface area contributed by atoms with Crippen molar-refractivity contribution >= 4 is 17.7 Å². The van der Waals surface area contributed by atoms with Gasteiger partial charge in [-0.25, -0.2) is 0 Å². The zero-order chi connectivity index (χ0) is 16.1. The predicted octanol–water partition coefficient (Wildman–Crippen LogP) is 1.63. The Bertz CT molecular complexity index is 653. The van der Waals surface area contributed by atoms with E-state index in [0.717, 1.165) is 37.0 Å². The van der Waals surface area contributed by atoms with Gasteiger partial charge in [-0.3, -0.25) is 4.79 Å². The molecule has 1 aromatic heterocycles. The van der Waals surface area contributed by atoms with E-state index >= 15 is 0 Å². The molecule has 23 heavy (non-hydrogen) atoms. The van der Waals surface area contributed by atoms with E-state index in [9.17, 15) is 4.79 Å². The Labute approximate surface area is 139 Å². The summed E-state index contributed by atoms with van der Waals surface area (Å²) in [5.74, 6) is 0.736. The smallest absolute Gasteiger partial charge is 0.227 e. The molecule has 1 saturated heterocycles. The first-order valence-electron chi connectivity index (χ1n) is 7.71. The average Bonchev–Trinajstić information content (AvgIpc) is 3.18. The lowest BCUT2D eigenvalue weighted by molar-refractivity contribution is -0.115. The molecule has 2 aromatic rings. The highest BCUT2D eigenvalue weighted by molar-refractivity contribution is 7.99. The Hall–Kier alpha value is -1.86. The molecule has 7 heteroatoms. The minimum Gasteiger partial charge on any atom is -0.376 e. The number of nitrogens with zero attached hydrogens (tertiary/aromatic N) is 3. The van der Waals surface area contributed by atoms with Crippen LogP contribution in [0.1, 0.15) is 24.2 Å². The molecule has 3 rings (SSSR count). The number of rotatable bonds is 7. The largest absolute Gasteiger partial charge is 0.376 e. The molecule has 0 spiro atoms. The van der Waals surface area contributed by atoms with E-state index in [1.165, 1.54) is 17.3 Å². The van der Waals surface area contributed by atoms with Crippen molar-refractivity contribution in [2.75, 3.05) is 12.4 Å². The second-order valence-corrected chi connectivity index (χ2v) is 6.50. The second kappa shape index (κ2) is 7.61. The van der Waals surface area contributed by atoms with Crippen molar-refractivity contribution in [3.63, 3.8) is 0 Å². The van der Waals surface area contributed by atoms with Gasteiger partial charge >= 0.3 is 0 Å². The zero-order valence-corrected chi connectivity index (χ0v) is 13.7. The van der Waals surface area contributed by atoms with Crippen molar-refractivity contribution in [1.29, 1.82) is 0 Å². The molecular formula is C16H20N4O2S. The topological polar surface area (TPSA) is 83.0 Å². The molecule has 1 aliphatic heterocycles. The maximum atomic E-state index is 11.0. The summed E-state index contributed by atoms with van der Waals surface area (Å²) in [6.45, 7) is 1.53. The van der Waals surface area contributed by atoms with Crippen molar-refractivity contribution in [3.05, 3.63) is 41.7 Å². The van der Waals surface area contributed by atoms with E-state index in [4.69, 9.17) is 10.5 Å². The van der Waals surface area contributed by atoms with E-state index in [2.05, 4.69) is 26.9 Å². The molecule has 2 N–H and O–H groups in total. The number of hydrogen-bond acceptors (Lipinski definition) is 5. The predicted molar refractivity (Wildman–Crippen MR) is 88.2 cm³/mol. The van der Waals surface area contributed by atoms with Crippen LogP contribution in [-0.4, -0.2) is 39.1 Å². The van der Waals surface area contributed by atoms with Crippen LogP contribution in [0.25, 0.3) is 0 Å². The van der Waals surface area contributed by atoms with Crippen LogP contribution in [0.2, 0.25) is 0 Å². The van der Waals surface area contributed by atoms with Crippen LogP contribution in [0, 0.1) is 0 Å². The molecule has 2 heterocycles. The van der Waals surface area contributed by atoms with Gasteiger partial charge in [0.1, 0.15) is 5.82 Å². The van der Waals surface area contributed by atoms with E-state index in [-0.39, 0.29) is 17.8 Å². The molecule has 0 bridgehead atoms. The Kier molecular flexibility index (Phi) is 5.30. The van der Waals surface area contributed by atoms with E-state index in [1.807, 2.05) is 18.2 Å². The highest BCUT2D eigenvalue weighted by atomic mass is 32.2. The Morgan fingerprint density at radius 1 is 1.35 bits per heavy atom. The van der Waals surface area contributed by atoms with Crippen LogP contribution in [-0.2, 0) is 22.5 Å². The molecule has 1 atom stereocenters. The molecule has 1 aliphatic rings. The van der Waals surface area contributed by atoms with E-state index < -0.39 is 0 Å². The molecule has 122 valence electrons. The molecule has 6 nitrogen and oxygen atoms in total. The van der Waals surface area contributed by atoms with Crippen molar-refractivity contribution in [1.82, 2.24) is 14.8 Å². The number of aromatic nitrogens is 3. The lowest BCUT2D eigenvalue weighted by atomic mass is 10.1. The number of benzene rings is 1. The molecule has 0 aliphatic carbocycles. The standard InChI is InChI=1S/C16H20N4O2S/c17-14(21)11-23-16-19-18-15(9-12-5-2-1-3-6-12)20(16)10-13-7-4-8-22-13/h1-3,5-6,13H,4,7-11H2,(H2,17,21). The maximum Gasteiger partial charge on any atom is 0.227 e. The van der Waals surface area contributed by atoms with Gasteiger partial charge in [-0.05, 0) is 18.4 Å². The normalized spacial score (nSPS) is 17.5. The van der Waals surface area contributed by atoms with Crippen molar-refractivity contribution in [3.8, 4) is 0 Å². The molecule has 1 unspecified atom stereocenters. The third-order valence-electron chi connectivity index (χ3n) is 3.75. The van der Waals surface area contributed by atoms with Crippen LogP contribution >= 0.6 is 11.8 Å². The van der Waals surface area contributed by atoms with Crippen LogP contribution in [0.3, 0.4) is 0 Å². The number of hydrogen-bond donors (Lipinski definition) is 1. The van der Waals surface area contributed by atoms with Crippen molar-refractivity contribution in [2.24, 2.45) is 5.73 Å². The molecule has 1 aromatic carbocycles. The quantitative estimate of drug-likeness (QED) is 0.779. The van der Waals surface area contributed by atoms with Crippen LogP contribution < -0.4 is 5.73 Å². The van der Waals surface area contributed by atoms with E-state index in [1.54, 1.807) is 0 Å². The summed E-state index contributed by atoms with van der Waals surface area (Å²) in [6.07, 6.45) is 3.03. The van der Waals surface area contributed by atoms with Gasteiger partial charge in [0.25, 0.3) is 0 Å². The molecule has 0 radical (unpaired) electrons. The fourth-order valence-electron chi connectivity index (χ4n) is 2.65. The minimum atomic E-state index is -0.355. The molecule has 1 fully saturated rings. The maximum absolute atomic E-state index is 11.0. The van der Waals surface area contributed by atoms with Crippen LogP contribution in [0.4, 0.5) is 0 Å². The highest BCUT2D eigenvalue weighted by Crippen LogP contribution is 2.22. The monoisotopic (exact) mass is 332 g/mol. The first kappa shape index (κ1) is 16.0. The number of primary amides is 1. The number of amides is 1. The fourth-order valence-corrected chi connectivity index (χ4v) is 3.35. The van der Waals surface area contributed by atoms with Crippen molar-refractivity contribution < 1.29 is 9.53 Å². The molecular weight excluding hydrogens is 312 g/mol. The van der Waals surface area contributed by atoms with Gasteiger partial charge in [0.2, 0.25) is 5.91 Å². The second-order valence-electron chi connectivity index (χ2n) is 5.56. The SMILES string of the molecule is NC(=O)CSc1nnc(Cc2ccccc2)n1CC1CCCO1. The van der Waals surface area contributed by atoms with Gasteiger partial charge in [0.15, 0.2) is 5.16 Å². The highest BCUT2D eigenvalue weighted by Gasteiger charge is 2.21. The van der Waals surface area contributed by atoms with Gasteiger partial charge in [0, 0.05) is 13.0 Å². The molecule has 0 saturated carbocycles. The lowest BCUT2D eigenvalue weighted by Gasteiger charge is -2.14. The Morgan fingerprint density at radius 3 is 2.87 bits per heavy atom. The summed E-state index contributed by atoms with van der Waals surface area (Å²) in [5, 5.41) is 9.28. The van der Waals surface area contributed by atoms with Gasteiger partial charge in [-0.15, -0.1) is 10.2 Å². The van der Waals surface area contributed by atoms with Crippen LogP contribution in [0.15, 0.2) is 35.5 Å². The summed E-state index contributed by atoms with van der Waals surface area (Å²) in [7, 11) is 0. The third kappa shape index (κ3) is 4.33. The van der Waals surface area contributed by atoms with E-state index in [0.29, 0.717) is 6.42 Å². The minimum absolute atomic E-state index is 0.188. The fraction of sp³-hybridized carbons (Fsp3) is 0.438. The first-order chi connectivity index (χ1) is 11.2. The summed E-state index contributed by atoms with van der Waals surface area (Å²) in [4.78, 5) is 11.0. The number of nitrogens with two attached hydrogens (primary N) is 1. The number of thioether (sulfide) groups is 1. The van der Waals surface area contributed by atoms with Gasteiger partial charge in [-0.2, -0.15) is 0 Å². The van der Waals surface area contributed by atoms with Gasteiger partial charge in [0.05, 0.1) is 18.4 Å². The number of carbonyl (C=O) groups excluding carboxylic acids is 1. The zero-order valence-electron chi connectivity index (χ0n) is 12.9. The lowest BCUT2D eigenvalue weighted by Crippen LogP contribution is -2.19. The third-order valence-corrected chi connectivity index (χ3v) is 4.74. The summed E-state index contributed by atoms with van der Waals surface area (Å²) in [6, 6.07) is 10.2. The summed E-state index contributed by atoms with van der Waals surface area (Å²) >= 11 is 1.33. The van der Waals surface area contributed by atoms with Crippen molar-refractivity contribution in [2.45, 2.75) is 37.1 Å². The Balaban J connectivity index is 1.80. The average molecular weight is 332 g/mol. The number of ether oxygens (including phenoxy) is 1. The summed E-state index contributed by atoms with van der Waals surface area (Å²) < 4.78 is 7.80. The molecule has 1 amide bonds. The van der Waals surface area contributed by atoms with Gasteiger partial charge in [-0.1, -0.05) is 42.1 Å². The summed E-state index contributed by atoms with van der Waals surface area (Å²) in [5.41, 5.74) is 6.42. The van der Waals surface area contributed by atoms with Crippen LogP contribution in [0.5, 0.6) is 0 Å². The Morgan fingerprint density at radius 2 is 2.17 bits per heavy atom. The number of carbonyl (C=O) groups is 1. The van der Waals surface area contributed by atoms with Gasteiger partial charge < -0.3 is 15.0 Å².